The Balaban J connectivity index is 2.20. The second kappa shape index (κ2) is 7.48. The van der Waals surface area contributed by atoms with Crippen LogP contribution in [0.1, 0.15) is 31.9 Å². The van der Waals surface area contributed by atoms with E-state index in [1.54, 1.807) is 13.1 Å². The molecule has 1 atom stereocenters. The number of aromatic nitrogens is 1. The smallest absolute Gasteiger partial charge is 0.150 e. The highest BCUT2D eigenvalue weighted by Gasteiger charge is 2.10. The van der Waals surface area contributed by atoms with Crippen LogP contribution >= 0.6 is 0 Å². The Labute approximate surface area is 109 Å². The first-order chi connectivity index (χ1) is 8.53. The molecule has 5 heteroatoms. The zero-order chi connectivity index (χ0) is 13.4. The molecule has 4 nitrogen and oxygen atoms in total. The van der Waals surface area contributed by atoms with Gasteiger partial charge in [0.25, 0.3) is 0 Å². The first-order valence-electron chi connectivity index (χ1n) is 6.32. The topological polar surface area (TPSA) is 67.3 Å². The van der Waals surface area contributed by atoms with Gasteiger partial charge in [0.1, 0.15) is 9.84 Å². The molecule has 1 unspecified atom stereocenters. The molecule has 1 heterocycles. The maximum atomic E-state index is 11.3. The molecule has 1 N–H and O–H groups in total. The van der Waals surface area contributed by atoms with Crippen LogP contribution in [0.3, 0.4) is 0 Å². The van der Waals surface area contributed by atoms with Gasteiger partial charge in [-0.2, -0.15) is 0 Å². The number of aliphatic hydroxyl groups is 1. The number of aliphatic hydroxyl groups excluding tert-OH is 1. The van der Waals surface area contributed by atoms with E-state index in [9.17, 15) is 13.5 Å². The second-order valence-corrected chi connectivity index (χ2v) is 6.86. The monoisotopic (exact) mass is 271 g/mol. The second-order valence-electron chi connectivity index (χ2n) is 4.39. The van der Waals surface area contributed by atoms with Gasteiger partial charge in [0, 0.05) is 17.6 Å². The maximum absolute atomic E-state index is 11.3. The van der Waals surface area contributed by atoms with Crippen LogP contribution < -0.4 is 0 Å². The summed E-state index contributed by atoms with van der Waals surface area (Å²) >= 11 is 0. The summed E-state index contributed by atoms with van der Waals surface area (Å²) in [6, 6.07) is 5.70. The van der Waals surface area contributed by atoms with Crippen LogP contribution in [0.5, 0.6) is 0 Å². The Morgan fingerprint density at radius 1 is 1.33 bits per heavy atom. The third kappa shape index (κ3) is 6.12. The van der Waals surface area contributed by atoms with E-state index in [0.717, 1.165) is 12.1 Å². The van der Waals surface area contributed by atoms with Crippen LogP contribution in [-0.4, -0.2) is 36.1 Å². The molecule has 0 aliphatic rings. The number of nitrogens with zero attached hydrogens (tertiary/aromatic N) is 1. The fourth-order valence-electron chi connectivity index (χ4n) is 1.69. The summed E-state index contributed by atoms with van der Waals surface area (Å²) in [5.41, 5.74) is 0.956. The van der Waals surface area contributed by atoms with Gasteiger partial charge in [-0.25, -0.2) is 8.42 Å². The molecule has 18 heavy (non-hydrogen) atoms. The molecule has 0 amide bonds. The highest BCUT2D eigenvalue weighted by atomic mass is 32.2. The van der Waals surface area contributed by atoms with Crippen LogP contribution in [0.4, 0.5) is 0 Å². The number of sulfone groups is 1. The van der Waals surface area contributed by atoms with E-state index in [-0.39, 0.29) is 11.5 Å². The summed E-state index contributed by atoms with van der Waals surface area (Å²) in [5.74, 6) is 0.348. The fraction of sp³-hybridized carbons (Fsp3) is 0.615. The van der Waals surface area contributed by atoms with Gasteiger partial charge in [0.05, 0.1) is 11.9 Å². The quantitative estimate of drug-likeness (QED) is 0.779. The van der Waals surface area contributed by atoms with E-state index in [0.29, 0.717) is 19.3 Å². The zero-order valence-corrected chi connectivity index (χ0v) is 11.6. The summed E-state index contributed by atoms with van der Waals surface area (Å²) < 4.78 is 22.5. The minimum atomic E-state index is -2.91. The normalized spacial score (nSPS) is 13.4. The molecule has 1 aromatic rings. The molecule has 0 saturated heterocycles. The molecule has 0 saturated carbocycles. The summed E-state index contributed by atoms with van der Waals surface area (Å²) in [6.45, 7) is 1.65. The predicted molar refractivity (Wildman–Crippen MR) is 72.1 cm³/mol. The average Bonchev–Trinajstić information content (AvgIpc) is 2.37. The van der Waals surface area contributed by atoms with Gasteiger partial charge in [-0.3, -0.25) is 4.98 Å². The first kappa shape index (κ1) is 15.1. The Morgan fingerprint density at radius 2 is 2.11 bits per heavy atom. The minimum Gasteiger partial charge on any atom is -0.393 e. The van der Waals surface area contributed by atoms with E-state index in [1.165, 1.54) is 0 Å². The molecular weight excluding hydrogens is 250 g/mol. The molecule has 102 valence electrons. The Hall–Kier alpha value is -0.940. The van der Waals surface area contributed by atoms with Crippen molar-refractivity contribution < 1.29 is 13.5 Å². The van der Waals surface area contributed by atoms with Crippen LogP contribution in [0, 0.1) is 0 Å². The fourth-order valence-corrected chi connectivity index (χ4v) is 2.58. The van der Waals surface area contributed by atoms with E-state index in [1.807, 2.05) is 18.2 Å². The summed E-state index contributed by atoms with van der Waals surface area (Å²) in [6.07, 6.45) is 3.70. The summed E-state index contributed by atoms with van der Waals surface area (Å²) in [5, 5.41) is 9.76. The van der Waals surface area contributed by atoms with Gasteiger partial charge < -0.3 is 5.11 Å². The first-order valence-corrected chi connectivity index (χ1v) is 8.14. The minimum absolute atomic E-state index is 0.171. The van der Waals surface area contributed by atoms with E-state index in [2.05, 4.69) is 4.98 Å². The van der Waals surface area contributed by atoms with Crippen molar-refractivity contribution in [2.24, 2.45) is 0 Å². The van der Waals surface area contributed by atoms with Gasteiger partial charge in [-0.15, -0.1) is 0 Å². The molecule has 0 aliphatic carbocycles. The van der Waals surface area contributed by atoms with Gasteiger partial charge in [0.15, 0.2) is 0 Å². The Bertz CT molecular complexity index is 431. The van der Waals surface area contributed by atoms with Crippen molar-refractivity contribution in [2.75, 3.05) is 11.5 Å². The highest BCUT2D eigenvalue weighted by molar-refractivity contribution is 7.91. The lowest BCUT2D eigenvalue weighted by Gasteiger charge is -2.09. The van der Waals surface area contributed by atoms with Gasteiger partial charge in [-0.1, -0.05) is 13.0 Å². The molecule has 0 spiro atoms. The number of hydrogen-bond acceptors (Lipinski definition) is 4. The van der Waals surface area contributed by atoms with Crippen molar-refractivity contribution in [1.82, 2.24) is 4.98 Å². The molecule has 0 aliphatic heterocycles. The standard InChI is InChI=1S/C13H21NO3S/c1-2-18(16,17)11-5-7-13(15)9-8-12-6-3-4-10-14-12/h3-4,6,10,13,15H,2,5,7-9,11H2,1H3. The van der Waals surface area contributed by atoms with E-state index in [4.69, 9.17) is 0 Å². The van der Waals surface area contributed by atoms with Crippen LogP contribution in [0.2, 0.25) is 0 Å². The van der Waals surface area contributed by atoms with Gasteiger partial charge >= 0.3 is 0 Å². The molecule has 0 aromatic carbocycles. The van der Waals surface area contributed by atoms with Crippen molar-refractivity contribution in [3.05, 3.63) is 30.1 Å². The molecule has 0 radical (unpaired) electrons. The van der Waals surface area contributed by atoms with Crippen molar-refractivity contribution >= 4 is 9.84 Å². The number of pyridine rings is 1. The zero-order valence-electron chi connectivity index (χ0n) is 10.7. The SMILES string of the molecule is CCS(=O)(=O)CCCC(O)CCc1ccccn1. The van der Waals surface area contributed by atoms with Crippen molar-refractivity contribution in [1.29, 1.82) is 0 Å². The van der Waals surface area contributed by atoms with Gasteiger partial charge in [0.2, 0.25) is 0 Å². The molecule has 1 aromatic heterocycles. The van der Waals surface area contributed by atoms with Crippen LogP contribution in [-0.2, 0) is 16.3 Å². The van der Waals surface area contributed by atoms with Crippen molar-refractivity contribution in [2.45, 2.75) is 38.7 Å². The molecular formula is C13H21NO3S. The van der Waals surface area contributed by atoms with Crippen LogP contribution in [0.15, 0.2) is 24.4 Å². The Morgan fingerprint density at radius 3 is 2.72 bits per heavy atom. The number of hydrogen-bond donors (Lipinski definition) is 1. The third-order valence-corrected chi connectivity index (χ3v) is 4.68. The summed E-state index contributed by atoms with van der Waals surface area (Å²) in [7, 11) is -2.91. The molecule has 0 fully saturated rings. The lowest BCUT2D eigenvalue weighted by atomic mass is 10.1. The maximum Gasteiger partial charge on any atom is 0.150 e. The third-order valence-electron chi connectivity index (χ3n) is 2.89. The largest absolute Gasteiger partial charge is 0.393 e. The van der Waals surface area contributed by atoms with Crippen molar-refractivity contribution in [3.63, 3.8) is 0 Å². The predicted octanol–water partition coefficient (Wildman–Crippen LogP) is 1.59. The lowest BCUT2D eigenvalue weighted by molar-refractivity contribution is 0.154. The number of rotatable bonds is 8. The van der Waals surface area contributed by atoms with Crippen molar-refractivity contribution in [3.8, 4) is 0 Å². The molecule has 0 bridgehead atoms. The summed E-state index contributed by atoms with van der Waals surface area (Å²) in [4.78, 5) is 4.18. The van der Waals surface area contributed by atoms with E-state index < -0.39 is 15.9 Å². The van der Waals surface area contributed by atoms with Gasteiger partial charge in [-0.05, 0) is 37.8 Å². The number of aryl methyl sites for hydroxylation is 1. The Kier molecular flexibility index (Phi) is 6.29. The highest BCUT2D eigenvalue weighted by Crippen LogP contribution is 2.08. The van der Waals surface area contributed by atoms with E-state index >= 15 is 0 Å². The van der Waals surface area contributed by atoms with Crippen LogP contribution in [0.25, 0.3) is 0 Å². The molecule has 1 rings (SSSR count). The lowest BCUT2D eigenvalue weighted by Crippen LogP contribution is -2.13. The average molecular weight is 271 g/mol.